The van der Waals surface area contributed by atoms with Gasteiger partial charge in [0.15, 0.2) is 9.84 Å². The van der Waals surface area contributed by atoms with Gasteiger partial charge in [-0.3, -0.25) is 0 Å². The first-order valence-corrected chi connectivity index (χ1v) is 14.1. The molecule has 1 saturated heterocycles. The molecule has 1 fully saturated rings. The number of aliphatic hydroxyl groups is 1. The first-order valence-electron chi connectivity index (χ1n) is 12.2. The summed E-state index contributed by atoms with van der Waals surface area (Å²) in [6.07, 6.45) is 2.23. The number of halogens is 1. The van der Waals surface area contributed by atoms with Gasteiger partial charge in [-0.25, -0.2) is 17.6 Å². The summed E-state index contributed by atoms with van der Waals surface area (Å²) in [7, 11) is -3.35. The molecule has 2 N–H and O–H groups in total. The van der Waals surface area contributed by atoms with Gasteiger partial charge in [-0.2, -0.15) is 0 Å². The predicted octanol–water partition coefficient (Wildman–Crippen LogP) is 5.83. The Morgan fingerprint density at radius 3 is 2.08 bits per heavy atom. The van der Waals surface area contributed by atoms with Crippen LogP contribution in [0.15, 0.2) is 71.6 Å². The highest BCUT2D eigenvalue weighted by molar-refractivity contribution is 7.90. The second-order valence-corrected chi connectivity index (χ2v) is 12.0. The number of rotatable bonds is 8. The molecule has 1 unspecified atom stereocenters. The average molecular weight is 543 g/mol. The van der Waals surface area contributed by atoms with Gasteiger partial charge < -0.3 is 24.8 Å². The van der Waals surface area contributed by atoms with Crippen LogP contribution in [0, 0.1) is 11.7 Å². The topological polar surface area (TPSA) is 105 Å². The molecule has 8 nitrogen and oxygen atoms in total. The molecule has 3 aromatic rings. The Kier molecular flexibility index (Phi) is 7.94. The van der Waals surface area contributed by atoms with E-state index in [1.165, 1.54) is 48.5 Å². The fourth-order valence-electron chi connectivity index (χ4n) is 4.45. The first-order chi connectivity index (χ1) is 17.9. The lowest BCUT2D eigenvalue weighted by molar-refractivity contribution is 0.0323. The molecule has 0 saturated carbocycles. The number of likely N-dealkylation sites (tertiary alicyclic amines) is 1. The number of urea groups is 1. The van der Waals surface area contributed by atoms with Gasteiger partial charge in [-0.1, -0.05) is 13.8 Å². The van der Waals surface area contributed by atoms with Gasteiger partial charge in [-0.05, 0) is 67.3 Å². The van der Waals surface area contributed by atoms with Gasteiger partial charge in [0.1, 0.15) is 28.8 Å². The molecule has 0 aromatic heterocycles. The van der Waals surface area contributed by atoms with Crippen LogP contribution in [0.2, 0.25) is 0 Å². The lowest BCUT2D eigenvalue weighted by atomic mass is 9.92. The van der Waals surface area contributed by atoms with E-state index < -0.39 is 21.3 Å². The van der Waals surface area contributed by atoms with Crippen molar-refractivity contribution in [3.63, 3.8) is 0 Å². The number of carbonyl (C=O) groups is 1. The summed E-state index contributed by atoms with van der Waals surface area (Å²) in [5, 5.41) is 13.7. The van der Waals surface area contributed by atoms with Crippen LogP contribution in [-0.4, -0.2) is 49.4 Å². The molecule has 0 bridgehead atoms. The number of ether oxygens (including phenoxy) is 2. The maximum atomic E-state index is 13.3. The van der Waals surface area contributed by atoms with Crippen LogP contribution in [0.4, 0.5) is 14.9 Å². The predicted molar refractivity (Wildman–Crippen MR) is 142 cm³/mol. The van der Waals surface area contributed by atoms with Crippen LogP contribution in [-0.2, 0) is 9.84 Å². The second kappa shape index (κ2) is 11.0. The van der Waals surface area contributed by atoms with Crippen molar-refractivity contribution in [2.45, 2.75) is 37.2 Å². The Balaban J connectivity index is 1.56. The number of nitrogens with zero attached hydrogens (tertiary/aromatic N) is 1. The minimum absolute atomic E-state index is 0.161. The molecule has 4 rings (SSSR count). The normalized spacial score (nSPS) is 17.5. The largest absolute Gasteiger partial charge is 0.457 e. The van der Waals surface area contributed by atoms with Crippen molar-refractivity contribution >= 4 is 21.6 Å². The zero-order chi connectivity index (χ0) is 27.5. The molecular weight excluding hydrogens is 511 g/mol. The van der Waals surface area contributed by atoms with Crippen molar-refractivity contribution in [2.75, 3.05) is 24.7 Å². The lowest BCUT2D eigenvalue weighted by Gasteiger charge is -2.25. The molecule has 1 aliphatic heterocycles. The number of hydrogen-bond donors (Lipinski definition) is 2. The van der Waals surface area contributed by atoms with Gasteiger partial charge in [0, 0.05) is 36.7 Å². The van der Waals surface area contributed by atoms with Crippen LogP contribution in [0.25, 0.3) is 0 Å². The molecule has 1 aliphatic rings. The SMILES string of the molecule is CC(C)CC1(O)CCN(C(=O)Nc2cc(Oc3ccc(F)cc3)cc(Oc3ccc(S(C)(=O)=O)cc3)c2)C1. The molecule has 202 valence electrons. The Morgan fingerprint density at radius 1 is 1.00 bits per heavy atom. The van der Waals surface area contributed by atoms with Crippen LogP contribution in [0.1, 0.15) is 26.7 Å². The van der Waals surface area contributed by atoms with E-state index in [9.17, 15) is 22.7 Å². The molecule has 0 aliphatic carbocycles. The third-order valence-electron chi connectivity index (χ3n) is 6.08. The van der Waals surface area contributed by atoms with Gasteiger partial charge in [0.2, 0.25) is 0 Å². The standard InChI is InChI=1S/C28H31FN2O6S/c1-19(2)17-28(33)12-13-31(18-28)27(32)30-21-14-24(36-22-6-4-20(29)5-7-22)16-25(15-21)37-23-8-10-26(11-9-23)38(3,34)35/h4-11,14-16,19,33H,12-13,17-18H2,1-3H3,(H,30,32). The summed E-state index contributed by atoms with van der Waals surface area (Å²) < 4.78 is 48.6. The molecule has 38 heavy (non-hydrogen) atoms. The maximum absolute atomic E-state index is 13.3. The van der Waals surface area contributed by atoms with E-state index >= 15 is 0 Å². The second-order valence-electron chi connectivity index (χ2n) is 10.0. The van der Waals surface area contributed by atoms with Crippen molar-refractivity contribution in [2.24, 2.45) is 5.92 Å². The van der Waals surface area contributed by atoms with E-state index in [-0.39, 0.29) is 17.5 Å². The average Bonchev–Trinajstić information content (AvgIpc) is 3.21. The number of benzene rings is 3. The van der Waals surface area contributed by atoms with Gasteiger partial charge in [0.05, 0.1) is 17.0 Å². The summed E-state index contributed by atoms with van der Waals surface area (Å²) in [6.45, 7) is 4.73. The van der Waals surface area contributed by atoms with E-state index in [1.807, 2.05) is 13.8 Å². The van der Waals surface area contributed by atoms with Crippen molar-refractivity contribution < 1.29 is 32.2 Å². The smallest absolute Gasteiger partial charge is 0.321 e. The molecule has 10 heteroatoms. The Labute approximate surface area is 221 Å². The highest BCUT2D eigenvalue weighted by atomic mass is 32.2. The van der Waals surface area contributed by atoms with Crippen LogP contribution in [0.5, 0.6) is 23.0 Å². The van der Waals surface area contributed by atoms with Gasteiger partial charge in [-0.15, -0.1) is 0 Å². The Bertz CT molecular complexity index is 1390. The van der Waals surface area contributed by atoms with E-state index in [0.29, 0.717) is 54.0 Å². The highest BCUT2D eigenvalue weighted by Gasteiger charge is 2.38. The molecular formula is C28H31FN2O6S. The van der Waals surface area contributed by atoms with Crippen molar-refractivity contribution in [1.82, 2.24) is 4.90 Å². The van der Waals surface area contributed by atoms with Gasteiger partial charge >= 0.3 is 6.03 Å². The molecule has 1 atom stereocenters. The van der Waals surface area contributed by atoms with E-state index in [2.05, 4.69) is 5.32 Å². The maximum Gasteiger partial charge on any atom is 0.321 e. The zero-order valence-electron chi connectivity index (χ0n) is 21.5. The number of nitrogens with one attached hydrogen (secondary N) is 1. The van der Waals surface area contributed by atoms with E-state index in [4.69, 9.17) is 9.47 Å². The van der Waals surface area contributed by atoms with Crippen LogP contribution in [0.3, 0.4) is 0 Å². The molecule has 0 radical (unpaired) electrons. The molecule has 1 heterocycles. The van der Waals surface area contributed by atoms with Crippen LogP contribution >= 0.6 is 0 Å². The third kappa shape index (κ3) is 7.23. The summed E-state index contributed by atoms with van der Waals surface area (Å²) in [5.41, 5.74) is -0.525. The summed E-state index contributed by atoms with van der Waals surface area (Å²) in [4.78, 5) is 14.8. The molecule has 3 aromatic carbocycles. The Morgan fingerprint density at radius 2 is 1.55 bits per heavy atom. The van der Waals surface area contributed by atoms with E-state index in [1.54, 1.807) is 23.1 Å². The van der Waals surface area contributed by atoms with Crippen molar-refractivity contribution in [3.8, 4) is 23.0 Å². The van der Waals surface area contributed by atoms with Crippen molar-refractivity contribution in [3.05, 3.63) is 72.5 Å². The number of hydrogen-bond acceptors (Lipinski definition) is 6. The van der Waals surface area contributed by atoms with Crippen LogP contribution < -0.4 is 14.8 Å². The fourth-order valence-corrected chi connectivity index (χ4v) is 5.08. The molecule has 2 amide bonds. The fraction of sp³-hybridized carbons (Fsp3) is 0.321. The zero-order valence-corrected chi connectivity index (χ0v) is 22.3. The minimum Gasteiger partial charge on any atom is -0.457 e. The van der Waals surface area contributed by atoms with Crippen molar-refractivity contribution in [1.29, 1.82) is 0 Å². The summed E-state index contributed by atoms with van der Waals surface area (Å²) in [5.74, 6) is 1.32. The quantitative estimate of drug-likeness (QED) is 0.371. The number of amides is 2. The number of carbonyl (C=O) groups excluding carboxylic acids is 1. The first kappa shape index (κ1) is 27.4. The minimum atomic E-state index is -3.35. The molecule has 0 spiro atoms. The number of sulfone groups is 1. The highest BCUT2D eigenvalue weighted by Crippen LogP contribution is 2.34. The summed E-state index contributed by atoms with van der Waals surface area (Å²) in [6, 6.07) is 15.9. The monoisotopic (exact) mass is 542 g/mol. The number of β-amino-alcohol motifs (C(OH)–C–C–N with tert-alkyl or cyclic N) is 1. The summed E-state index contributed by atoms with van der Waals surface area (Å²) >= 11 is 0. The van der Waals surface area contributed by atoms with Gasteiger partial charge in [0.25, 0.3) is 0 Å². The van der Waals surface area contributed by atoms with E-state index in [0.717, 1.165) is 6.26 Å². The number of anilines is 1. The third-order valence-corrected chi connectivity index (χ3v) is 7.20. The lowest BCUT2D eigenvalue weighted by Crippen LogP contribution is -2.38. The Hall–Kier alpha value is -3.63.